The van der Waals surface area contributed by atoms with Crippen LogP contribution < -0.4 is 5.32 Å². The minimum absolute atomic E-state index is 0.700. The van der Waals surface area contributed by atoms with E-state index >= 15 is 0 Å². The number of rotatable bonds is 2. The molecule has 0 aromatic carbocycles. The first-order chi connectivity index (χ1) is 7.27. The Hall–Kier alpha value is -0.960. The number of likely N-dealkylation sites (tertiary alicyclic amines) is 1. The van der Waals surface area contributed by atoms with Gasteiger partial charge in [0.2, 0.25) is 0 Å². The molecular weight excluding hydrogens is 186 g/mol. The number of hydrogen-bond acceptors (Lipinski definition) is 3. The molecule has 2 heterocycles. The molecule has 1 fully saturated rings. The minimum Gasteiger partial charge on any atom is -0.368 e. The van der Waals surface area contributed by atoms with Crippen molar-refractivity contribution in [3.05, 3.63) is 24.0 Å². The van der Waals surface area contributed by atoms with Crippen LogP contribution >= 0.6 is 0 Å². The van der Waals surface area contributed by atoms with Gasteiger partial charge in [-0.05, 0) is 39.1 Å². The molecule has 15 heavy (non-hydrogen) atoms. The van der Waals surface area contributed by atoms with Crippen LogP contribution in [0.1, 0.15) is 12.8 Å². The summed E-state index contributed by atoms with van der Waals surface area (Å²) in [5.41, 5.74) is 0. The molecule has 84 valence electrons. The lowest BCUT2D eigenvalue weighted by Gasteiger charge is -2.38. The van der Waals surface area contributed by atoms with Gasteiger partial charge in [0.05, 0.1) is 0 Å². The van der Waals surface area contributed by atoms with Gasteiger partial charge in [-0.1, -0.05) is 12.2 Å². The maximum atomic E-state index is 3.41. The molecule has 0 saturated carbocycles. The Balaban J connectivity index is 1.92. The summed E-state index contributed by atoms with van der Waals surface area (Å²) in [4.78, 5) is 4.81. The van der Waals surface area contributed by atoms with Crippen LogP contribution in [0.5, 0.6) is 0 Å². The fraction of sp³-hybridized carbons (Fsp3) is 0.667. The van der Waals surface area contributed by atoms with Gasteiger partial charge in [-0.3, -0.25) is 0 Å². The average molecular weight is 207 g/mol. The van der Waals surface area contributed by atoms with Crippen molar-refractivity contribution in [3.63, 3.8) is 0 Å². The van der Waals surface area contributed by atoms with Gasteiger partial charge in [-0.25, -0.2) is 0 Å². The summed E-state index contributed by atoms with van der Waals surface area (Å²) in [6, 6.07) is 0.700. The van der Waals surface area contributed by atoms with E-state index in [9.17, 15) is 0 Å². The van der Waals surface area contributed by atoms with Gasteiger partial charge in [-0.15, -0.1) is 0 Å². The number of nitrogens with one attached hydrogen (secondary N) is 1. The van der Waals surface area contributed by atoms with Gasteiger partial charge in [-0.2, -0.15) is 0 Å². The van der Waals surface area contributed by atoms with Crippen LogP contribution in [-0.4, -0.2) is 49.6 Å². The second kappa shape index (κ2) is 4.71. The third kappa shape index (κ3) is 2.53. The van der Waals surface area contributed by atoms with Crippen LogP contribution in [0.15, 0.2) is 24.0 Å². The maximum absolute atomic E-state index is 3.41. The predicted octanol–water partition coefficient (Wildman–Crippen LogP) is 1.01. The van der Waals surface area contributed by atoms with Crippen LogP contribution in [0.2, 0.25) is 0 Å². The van der Waals surface area contributed by atoms with Crippen molar-refractivity contribution in [2.24, 2.45) is 0 Å². The van der Waals surface area contributed by atoms with Crippen LogP contribution in [-0.2, 0) is 0 Å². The Labute approximate surface area is 92.4 Å². The highest BCUT2D eigenvalue weighted by molar-refractivity contribution is 5.16. The van der Waals surface area contributed by atoms with E-state index in [4.69, 9.17) is 0 Å². The Morgan fingerprint density at radius 1 is 1.40 bits per heavy atom. The fourth-order valence-electron chi connectivity index (χ4n) is 2.27. The Kier molecular flexibility index (Phi) is 3.31. The third-order valence-electron chi connectivity index (χ3n) is 3.41. The molecule has 2 aliphatic heterocycles. The molecule has 1 saturated heterocycles. The molecule has 2 aliphatic rings. The van der Waals surface area contributed by atoms with Crippen molar-refractivity contribution in [1.29, 1.82) is 0 Å². The number of nitrogens with zero attached hydrogens (tertiary/aromatic N) is 2. The van der Waals surface area contributed by atoms with Crippen LogP contribution in [0.4, 0.5) is 0 Å². The lowest BCUT2D eigenvalue weighted by Crippen LogP contribution is -2.44. The molecule has 0 unspecified atom stereocenters. The van der Waals surface area contributed by atoms with E-state index < -0.39 is 0 Å². The van der Waals surface area contributed by atoms with Crippen molar-refractivity contribution in [2.75, 3.05) is 33.7 Å². The van der Waals surface area contributed by atoms with E-state index in [1.54, 1.807) is 0 Å². The summed E-state index contributed by atoms with van der Waals surface area (Å²) < 4.78 is 0. The standard InChI is InChI=1S/C12H21N3/c1-14-9-6-11(7-10-14)15(2)12-5-3-4-8-13-12/h3-5,11,13H,6-10H2,1-2H3. The highest BCUT2D eigenvalue weighted by Crippen LogP contribution is 2.17. The first-order valence-electron chi connectivity index (χ1n) is 5.79. The molecule has 0 atom stereocenters. The molecule has 1 N–H and O–H groups in total. The quantitative estimate of drug-likeness (QED) is 0.729. The molecular formula is C12H21N3. The van der Waals surface area contributed by atoms with Crippen molar-refractivity contribution in [2.45, 2.75) is 18.9 Å². The summed E-state index contributed by atoms with van der Waals surface area (Å²) in [5, 5.41) is 3.41. The van der Waals surface area contributed by atoms with E-state index in [0.717, 1.165) is 6.54 Å². The first-order valence-corrected chi connectivity index (χ1v) is 5.79. The molecule has 0 amide bonds. The van der Waals surface area contributed by atoms with Crippen LogP contribution in [0, 0.1) is 0 Å². The van der Waals surface area contributed by atoms with Gasteiger partial charge >= 0.3 is 0 Å². The van der Waals surface area contributed by atoms with E-state index in [1.807, 2.05) is 0 Å². The zero-order valence-corrected chi connectivity index (χ0v) is 9.74. The molecule has 0 radical (unpaired) electrons. The lowest BCUT2D eigenvalue weighted by atomic mass is 10.0. The number of hydrogen-bond donors (Lipinski definition) is 1. The lowest BCUT2D eigenvalue weighted by molar-refractivity contribution is 0.164. The second-order valence-electron chi connectivity index (χ2n) is 4.51. The molecule has 3 heteroatoms. The maximum Gasteiger partial charge on any atom is 0.101 e. The summed E-state index contributed by atoms with van der Waals surface area (Å²) in [7, 11) is 4.41. The van der Waals surface area contributed by atoms with Crippen molar-refractivity contribution in [1.82, 2.24) is 15.1 Å². The summed E-state index contributed by atoms with van der Waals surface area (Å²) in [5.74, 6) is 1.27. The zero-order valence-electron chi connectivity index (χ0n) is 9.74. The topological polar surface area (TPSA) is 18.5 Å². The van der Waals surface area contributed by atoms with E-state index in [0.29, 0.717) is 6.04 Å². The molecule has 0 spiro atoms. The fourth-order valence-corrected chi connectivity index (χ4v) is 2.27. The monoisotopic (exact) mass is 207 g/mol. The van der Waals surface area contributed by atoms with E-state index in [-0.39, 0.29) is 0 Å². The molecule has 0 aromatic heterocycles. The molecule has 2 rings (SSSR count). The van der Waals surface area contributed by atoms with Gasteiger partial charge in [0.1, 0.15) is 5.82 Å². The normalized spacial score (nSPS) is 23.5. The number of dihydropyridines is 1. The predicted molar refractivity (Wildman–Crippen MR) is 63.5 cm³/mol. The molecule has 0 aromatic rings. The largest absolute Gasteiger partial charge is 0.368 e. The van der Waals surface area contributed by atoms with Gasteiger partial charge in [0.25, 0.3) is 0 Å². The second-order valence-corrected chi connectivity index (χ2v) is 4.51. The average Bonchev–Trinajstić information content (AvgIpc) is 2.30. The highest BCUT2D eigenvalue weighted by atomic mass is 15.3. The van der Waals surface area contributed by atoms with Gasteiger partial charge in [0, 0.05) is 19.6 Å². The smallest absolute Gasteiger partial charge is 0.101 e. The Bertz CT molecular complexity index is 262. The third-order valence-corrected chi connectivity index (χ3v) is 3.41. The highest BCUT2D eigenvalue weighted by Gasteiger charge is 2.21. The van der Waals surface area contributed by atoms with Gasteiger partial charge < -0.3 is 15.1 Å². The number of allylic oxidation sites excluding steroid dienone is 2. The minimum atomic E-state index is 0.700. The molecule has 0 bridgehead atoms. The zero-order chi connectivity index (χ0) is 10.7. The Morgan fingerprint density at radius 2 is 2.13 bits per heavy atom. The van der Waals surface area contributed by atoms with Crippen molar-refractivity contribution < 1.29 is 0 Å². The Morgan fingerprint density at radius 3 is 2.73 bits per heavy atom. The first kappa shape index (κ1) is 10.6. The van der Waals surface area contributed by atoms with E-state index in [1.165, 1.54) is 31.8 Å². The molecule has 3 nitrogen and oxygen atoms in total. The number of piperidine rings is 1. The SMILES string of the molecule is CN1CCC(N(C)C2=CC=CCN2)CC1. The summed E-state index contributed by atoms with van der Waals surface area (Å²) in [6.45, 7) is 3.40. The van der Waals surface area contributed by atoms with Crippen LogP contribution in [0.3, 0.4) is 0 Å². The summed E-state index contributed by atoms with van der Waals surface area (Å²) in [6.07, 6.45) is 9.00. The van der Waals surface area contributed by atoms with Crippen LogP contribution in [0.25, 0.3) is 0 Å². The summed E-state index contributed by atoms with van der Waals surface area (Å²) >= 11 is 0. The van der Waals surface area contributed by atoms with Crippen molar-refractivity contribution in [3.8, 4) is 0 Å². The van der Waals surface area contributed by atoms with Gasteiger partial charge in [0.15, 0.2) is 0 Å². The molecule has 0 aliphatic carbocycles. The van der Waals surface area contributed by atoms with Crippen molar-refractivity contribution >= 4 is 0 Å². The van der Waals surface area contributed by atoms with E-state index in [2.05, 4.69) is 47.4 Å².